The molecule has 1 rings (SSSR count). The number of likely N-dealkylation sites (N-methyl/N-ethyl adjacent to an activating group) is 1. The molecule has 1 aliphatic rings. The summed E-state index contributed by atoms with van der Waals surface area (Å²) in [5.74, 6) is 1.64. The Morgan fingerprint density at radius 1 is 1.35 bits per heavy atom. The molecule has 1 amide bonds. The number of hydrogen-bond acceptors (Lipinski definition) is 3. The fourth-order valence-electron chi connectivity index (χ4n) is 2.21. The molecule has 0 aliphatic carbocycles. The van der Waals surface area contributed by atoms with E-state index in [1.165, 1.54) is 12.8 Å². The van der Waals surface area contributed by atoms with E-state index in [4.69, 9.17) is 0 Å². The number of amides is 1. The second-order valence-corrected chi connectivity index (χ2v) is 5.44. The van der Waals surface area contributed by atoms with Crippen LogP contribution in [0.2, 0.25) is 0 Å². The maximum absolute atomic E-state index is 11.2. The molecular formula is C13H27N3O. The van der Waals surface area contributed by atoms with Gasteiger partial charge in [0, 0.05) is 7.05 Å². The number of piperidine rings is 1. The highest BCUT2D eigenvalue weighted by Gasteiger charge is 2.20. The summed E-state index contributed by atoms with van der Waals surface area (Å²) in [6, 6.07) is 0. The molecule has 1 heterocycles. The van der Waals surface area contributed by atoms with Gasteiger partial charge in [-0.05, 0) is 50.9 Å². The minimum absolute atomic E-state index is 0.126. The quantitative estimate of drug-likeness (QED) is 0.719. The van der Waals surface area contributed by atoms with Crippen LogP contribution in [0.1, 0.15) is 26.7 Å². The Labute approximate surface area is 105 Å². The molecule has 0 aromatic heterocycles. The highest BCUT2D eigenvalue weighted by atomic mass is 16.1. The van der Waals surface area contributed by atoms with Crippen LogP contribution in [-0.2, 0) is 4.79 Å². The standard InChI is InChI=1S/C13H27N3O/c1-11(2)8-15-9-12-4-6-16(7-5-12)10-13(17)14-3/h11-12,15H,4-10H2,1-3H3,(H,14,17). The van der Waals surface area contributed by atoms with Gasteiger partial charge in [0.15, 0.2) is 0 Å². The first-order chi connectivity index (χ1) is 8.11. The minimum atomic E-state index is 0.126. The predicted molar refractivity (Wildman–Crippen MR) is 70.9 cm³/mol. The normalized spacial score (nSPS) is 18.6. The Balaban J connectivity index is 2.11. The second kappa shape index (κ2) is 7.67. The van der Waals surface area contributed by atoms with Gasteiger partial charge < -0.3 is 10.6 Å². The molecule has 0 aromatic rings. The van der Waals surface area contributed by atoms with Crippen LogP contribution >= 0.6 is 0 Å². The van der Waals surface area contributed by atoms with Gasteiger partial charge in [-0.2, -0.15) is 0 Å². The van der Waals surface area contributed by atoms with Crippen molar-refractivity contribution in [1.29, 1.82) is 0 Å². The molecule has 4 nitrogen and oxygen atoms in total. The molecule has 0 bridgehead atoms. The van der Waals surface area contributed by atoms with Crippen molar-refractivity contribution >= 4 is 5.91 Å². The van der Waals surface area contributed by atoms with E-state index in [1.807, 2.05) is 0 Å². The van der Waals surface area contributed by atoms with Gasteiger partial charge in [-0.15, -0.1) is 0 Å². The second-order valence-electron chi connectivity index (χ2n) is 5.44. The van der Waals surface area contributed by atoms with Crippen molar-refractivity contribution in [2.75, 3.05) is 39.8 Å². The van der Waals surface area contributed by atoms with Crippen molar-refractivity contribution in [3.8, 4) is 0 Å². The van der Waals surface area contributed by atoms with Gasteiger partial charge in [-0.25, -0.2) is 0 Å². The van der Waals surface area contributed by atoms with Gasteiger partial charge in [0.1, 0.15) is 0 Å². The van der Waals surface area contributed by atoms with E-state index in [0.29, 0.717) is 6.54 Å². The van der Waals surface area contributed by atoms with E-state index in [1.54, 1.807) is 7.05 Å². The smallest absolute Gasteiger partial charge is 0.233 e. The Morgan fingerprint density at radius 3 is 2.53 bits per heavy atom. The first kappa shape index (κ1) is 14.5. The maximum atomic E-state index is 11.2. The third kappa shape index (κ3) is 6.03. The molecule has 0 unspecified atom stereocenters. The van der Waals surface area contributed by atoms with Gasteiger partial charge in [-0.1, -0.05) is 13.8 Å². The average molecular weight is 241 g/mol. The highest BCUT2D eigenvalue weighted by Crippen LogP contribution is 2.15. The van der Waals surface area contributed by atoms with Crippen LogP contribution in [0.5, 0.6) is 0 Å². The molecule has 0 spiro atoms. The molecule has 17 heavy (non-hydrogen) atoms. The molecule has 1 fully saturated rings. The lowest BCUT2D eigenvalue weighted by Crippen LogP contribution is -2.42. The molecule has 100 valence electrons. The summed E-state index contributed by atoms with van der Waals surface area (Å²) in [5.41, 5.74) is 0. The SMILES string of the molecule is CNC(=O)CN1CCC(CNCC(C)C)CC1. The van der Waals surface area contributed by atoms with Crippen LogP contribution in [0.25, 0.3) is 0 Å². The van der Waals surface area contributed by atoms with E-state index in [-0.39, 0.29) is 5.91 Å². The maximum Gasteiger partial charge on any atom is 0.233 e. The Hall–Kier alpha value is -0.610. The van der Waals surface area contributed by atoms with Crippen LogP contribution in [0.4, 0.5) is 0 Å². The Morgan fingerprint density at radius 2 is 2.00 bits per heavy atom. The highest BCUT2D eigenvalue weighted by molar-refractivity contribution is 5.77. The monoisotopic (exact) mass is 241 g/mol. The fraction of sp³-hybridized carbons (Fsp3) is 0.923. The van der Waals surface area contributed by atoms with E-state index >= 15 is 0 Å². The molecule has 1 saturated heterocycles. The number of carbonyl (C=O) groups excluding carboxylic acids is 1. The van der Waals surface area contributed by atoms with E-state index in [9.17, 15) is 4.79 Å². The van der Waals surface area contributed by atoms with Gasteiger partial charge >= 0.3 is 0 Å². The first-order valence-corrected chi connectivity index (χ1v) is 6.75. The molecule has 4 heteroatoms. The zero-order valence-electron chi connectivity index (χ0n) is 11.5. The number of rotatable bonds is 6. The number of hydrogen-bond donors (Lipinski definition) is 2. The summed E-state index contributed by atoms with van der Waals surface area (Å²) in [6.45, 7) is 9.38. The predicted octanol–water partition coefficient (Wildman–Crippen LogP) is 0.690. The van der Waals surface area contributed by atoms with Crippen molar-refractivity contribution in [1.82, 2.24) is 15.5 Å². The summed E-state index contributed by atoms with van der Waals surface area (Å²) < 4.78 is 0. The zero-order valence-corrected chi connectivity index (χ0v) is 11.5. The lowest BCUT2D eigenvalue weighted by Gasteiger charge is -2.31. The lowest BCUT2D eigenvalue weighted by molar-refractivity contribution is -0.122. The first-order valence-electron chi connectivity index (χ1n) is 6.75. The van der Waals surface area contributed by atoms with E-state index in [2.05, 4.69) is 29.4 Å². The van der Waals surface area contributed by atoms with Crippen LogP contribution in [0, 0.1) is 11.8 Å². The Bertz CT molecular complexity index is 223. The third-order valence-electron chi connectivity index (χ3n) is 3.34. The van der Waals surface area contributed by atoms with Crippen molar-refractivity contribution < 1.29 is 4.79 Å². The molecule has 0 atom stereocenters. The van der Waals surface area contributed by atoms with E-state index < -0.39 is 0 Å². The summed E-state index contributed by atoms with van der Waals surface area (Å²) in [5, 5.41) is 6.20. The summed E-state index contributed by atoms with van der Waals surface area (Å²) in [4.78, 5) is 13.5. The van der Waals surface area contributed by atoms with Crippen molar-refractivity contribution in [2.45, 2.75) is 26.7 Å². The summed E-state index contributed by atoms with van der Waals surface area (Å²) in [6.07, 6.45) is 2.42. The third-order valence-corrected chi connectivity index (χ3v) is 3.34. The summed E-state index contributed by atoms with van der Waals surface area (Å²) >= 11 is 0. The molecule has 0 aromatic carbocycles. The fourth-order valence-corrected chi connectivity index (χ4v) is 2.21. The average Bonchev–Trinajstić information content (AvgIpc) is 2.31. The number of nitrogens with zero attached hydrogens (tertiary/aromatic N) is 1. The van der Waals surface area contributed by atoms with Gasteiger partial charge in [0.25, 0.3) is 0 Å². The summed E-state index contributed by atoms with van der Waals surface area (Å²) in [7, 11) is 1.70. The van der Waals surface area contributed by atoms with Gasteiger partial charge in [-0.3, -0.25) is 9.69 Å². The molecule has 0 radical (unpaired) electrons. The molecular weight excluding hydrogens is 214 g/mol. The van der Waals surface area contributed by atoms with Crippen molar-refractivity contribution in [3.63, 3.8) is 0 Å². The molecule has 0 saturated carbocycles. The van der Waals surface area contributed by atoms with Crippen LogP contribution in [0.15, 0.2) is 0 Å². The molecule has 2 N–H and O–H groups in total. The van der Waals surface area contributed by atoms with Crippen molar-refractivity contribution in [2.24, 2.45) is 11.8 Å². The number of nitrogens with one attached hydrogen (secondary N) is 2. The van der Waals surface area contributed by atoms with Crippen LogP contribution in [-0.4, -0.2) is 50.6 Å². The van der Waals surface area contributed by atoms with Crippen LogP contribution < -0.4 is 10.6 Å². The van der Waals surface area contributed by atoms with Gasteiger partial charge in [0.05, 0.1) is 6.54 Å². The lowest BCUT2D eigenvalue weighted by atomic mass is 9.96. The number of likely N-dealkylation sites (tertiary alicyclic amines) is 1. The Kier molecular flexibility index (Phi) is 6.52. The van der Waals surface area contributed by atoms with E-state index in [0.717, 1.165) is 38.0 Å². The van der Waals surface area contributed by atoms with Gasteiger partial charge in [0.2, 0.25) is 5.91 Å². The zero-order chi connectivity index (χ0) is 12.7. The topological polar surface area (TPSA) is 44.4 Å². The minimum Gasteiger partial charge on any atom is -0.358 e. The van der Waals surface area contributed by atoms with Crippen LogP contribution in [0.3, 0.4) is 0 Å². The van der Waals surface area contributed by atoms with Crippen molar-refractivity contribution in [3.05, 3.63) is 0 Å². The largest absolute Gasteiger partial charge is 0.358 e. The molecule has 1 aliphatic heterocycles. The number of carbonyl (C=O) groups is 1.